The van der Waals surface area contributed by atoms with Crippen LogP contribution in [0.25, 0.3) is 0 Å². The number of urea groups is 1. The fourth-order valence-corrected chi connectivity index (χ4v) is 5.55. The average molecular weight is 384 g/mol. The zero-order valence-electron chi connectivity index (χ0n) is 16.2. The monoisotopic (exact) mass is 383 g/mol. The molecule has 27 heavy (non-hydrogen) atoms. The number of piperidine rings is 2. The van der Waals surface area contributed by atoms with Crippen molar-refractivity contribution in [3.63, 3.8) is 0 Å². The van der Waals surface area contributed by atoms with E-state index in [-0.39, 0.29) is 12.1 Å². The van der Waals surface area contributed by atoms with Crippen LogP contribution in [0, 0.1) is 13.8 Å². The van der Waals surface area contributed by atoms with E-state index in [4.69, 9.17) is 0 Å². The van der Waals surface area contributed by atoms with Crippen LogP contribution in [-0.4, -0.2) is 29.1 Å². The Labute approximate surface area is 166 Å². The molecule has 2 N–H and O–H groups in total. The van der Waals surface area contributed by atoms with Crippen LogP contribution in [0.1, 0.15) is 48.1 Å². The molecule has 2 aromatic rings. The van der Waals surface area contributed by atoms with Gasteiger partial charge < -0.3 is 10.6 Å². The number of amides is 2. The first-order valence-electron chi connectivity index (χ1n) is 10.0. The number of hydrogen-bond acceptors (Lipinski definition) is 3. The van der Waals surface area contributed by atoms with Crippen molar-refractivity contribution in [3.8, 4) is 0 Å². The van der Waals surface area contributed by atoms with Crippen LogP contribution in [0.15, 0.2) is 35.7 Å². The Hall–Kier alpha value is -1.85. The smallest absolute Gasteiger partial charge is 0.319 e. The second-order valence-corrected chi connectivity index (χ2v) is 9.17. The van der Waals surface area contributed by atoms with Gasteiger partial charge in [0.05, 0.1) is 0 Å². The summed E-state index contributed by atoms with van der Waals surface area (Å²) in [6, 6.07) is 11.9. The van der Waals surface area contributed by atoms with Gasteiger partial charge in [0, 0.05) is 35.2 Å². The number of anilines is 1. The van der Waals surface area contributed by atoms with Crippen molar-refractivity contribution in [2.75, 3.05) is 5.32 Å². The topological polar surface area (TPSA) is 44.4 Å². The highest BCUT2D eigenvalue weighted by Gasteiger charge is 2.38. The predicted molar refractivity (Wildman–Crippen MR) is 112 cm³/mol. The van der Waals surface area contributed by atoms with Gasteiger partial charge in [0.1, 0.15) is 0 Å². The molecule has 1 aromatic carbocycles. The maximum absolute atomic E-state index is 12.5. The van der Waals surface area contributed by atoms with Crippen molar-refractivity contribution in [2.24, 2.45) is 0 Å². The molecule has 2 bridgehead atoms. The van der Waals surface area contributed by atoms with Crippen molar-refractivity contribution < 1.29 is 4.79 Å². The van der Waals surface area contributed by atoms with E-state index in [1.54, 1.807) is 0 Å². The van der Waals surface area contributed by atoms with E-state index in [9.17, 15) is 4.79 Å². The lowest BCUT2D eigenvalue weighted by atomic mass is 9.81. The van der Waals surface area contributed by atoms with E-state index < -0.39 is 0 Å². The molecule has 1 aromatic heterocycles. The molecule has 4 nitrogen and oxygen atoms in total. The van der Waals surface area contributed by atoms with Crippen LogP contribution < -0.4 is 10.6 Å². The minimum absolute atomic E-state index is 0.0743. The van der Waals surface area contributed by atoms with E-state index in [0.717, 1.165) is 25.1 Å². The molecule has 2 atom stereocenters. The number of carbonyl (C=O) groups excluding carboxylic acids is 1. The molecule has 4 rings (SSSR count). The molecular formula is C22H29N3OS. The lowest BCUT2D eigenvalue weighted by Crippen LogP contribution is -2.56. The molecule has 2 saturated heterocycles. The molecule has 0 spiro atoms. The SMILES string of the molecule is Cc1cc(C)cc(NC(=O)NC2CC3CCCC(C2)N3Cc2cccs2)c1. The molecule has 0 radical (unpaired) electrons. The van der Waals surface area contributed by atoms with Crippen LogP contribution >= 0.6 is 11.3 Å². The van der Waals surface area contributed by atoms with E-state index in [1.165, 1.54) is 35.3 Å². The average Bonchev–Trinajstić information content (AvgIpc) is 3.07. The maximum Gasteiger partial charge on any atom is 0.319 e. The van der Waals surface area contributed by atoms with Crippen molar-refractivity contribution in [1.29, 1.82) is 0 Å². The van der Waals surface area contributed by atoms with Crippen LogP contribution in [0.5, 0.6) is 0 Å². The number of carbonyl (C=O) groups is 1. The van der Waals surface area contributed by atoms with Crippen LogP contribution in [-0.2, 0) is 6.54 Å². The molecule has 2 unspecified atom stereocenters. The fraction of sp³-hybridized carbons (Fsp3) is 0.500. The summed E-state index contributed by atoms with van der Waals surface area (Å²) in [6.07, 6.45) is 5.93. The third-order valence-corrected chi connectivity index (χ3v) is 6.72. The Morgan fingerprint density at radius 3 is 2.48 bits per heavy atom. The zero-order chi connectivity index (χ0) is 18.8. The van der Waals surface area contributed by atoms with Crippen molar-refractivity contribution in [3.05, 3.63) is 51.7 Å². The van der Waals surface area contributed by atoms with Gasteiger partial charge in [-0.2, -0.15) is 0 Å². The van der Waals surface area contributed by atoms with Gasteiger partial charge in [0.25, 0.3) is 0 Å². The lowest BCUT2D eigenvalue weighted by molar-refractivity contribution is 0.0208. The van der Waals surface area contributed by atoms with Crippen molar-refractivity contribution in [2.45, 2.75) is 70.6 Å². The van der Waals surface area contributed by atoms with Gasteiger partial charge in [0.15, 0.2) is 0 Å². The zero-order valence-corrected chi connectivity index (χ0v) is 17.0. The minimum Gasteiger partial charge on any atom is -0.335 e. The summed E-state index contributed by atoms with van der Waals surface area (Å²) in [5, 5.41) is 8.43. The largest absolute Gasteiger partial charge is 0.335 e. The second kappa shape index (κ2) is 8.03. The molecule has 2 amide bonds. The van der Waals surface area contributed by atoms with Gasteiger partial charge in [-0.15, -0.1) is 11.3 Å². The fourth-order valence-electron chi connectivity index (χ4n) is 4.84. The van der Waals surface area contributed by atoms with E-state index in [0.29, 0.717) is 12.1 Å². The van der Waals surface area contributed by atoms with Gasteiger partial charge in [0.2, 0.25) is 0 Å². The highest BCUT2D eigenvalue weighted by atomic mass is 32.1. The molecule has 3 heterocycles. The molecule has 5 heteroatoms. The van der Waals surface area contributed by atoms with Gasteiger partial charge in [-0.25, -0.2) is 4.79 Å². The first-order valence-corrected chi connectivity index (χ1v) is 10.9. The summed E-state index contributed by atoms with van der Waals surface area (Å²) in [7, 11) is 0. The molecule has 2 aliphatic heterocycles. The van der Waals surface area contributed by atoms with E-state index in [2.05, 4.69) is 53.0 Å². The third kappa shape index (κ3) is 4.53. The number of thiophene rings is 1. The normalized spacial score (nSPS) is 25.2. The Morgan fingerprint density at radius 1 is 1.15 bits per heavy atom. The number of nitrogens with zero attached hydrogens (tertiary/aromatic N) is 1. The number of fused-ring (bicyclic) bond motifs is 2. The van der Waals surface area contributed by atoms with E-state index >= 15 is 0 Å². The van der Waals surface area contributed by atoms with Gasteiger partial charge >= 0.3 is 6.03 Å². The number of nitrogens with one attached hydrogen (secondary N) is 2. The number of benzene rings is 1. The Balaban J connectivity index is 1.36. The van der Waals surface area contributed by atoms with Crippen LogP contribution in [0.3, 0.4) is 0 Å². The number of aryl methyl sites for hydroxylation is 2. The Bertz CT molecular complexity index is 755. The summed E-state index contributed by atoms with van der Waals surface area (Å²) < 4.78 is 0. The third-order valence-electron chi connectivity index (χ3n) is 5.86. The predicted octanol–water partition coefficient (Wildman–Crippen LogP) is 5.07. The molecule has 2 aliphatic rings. The standard InChI is InChI=1S/C22H29N3OS/c1-15-9-16(2)11-17(10-15)23-22(26)24-18-12-19-5-3-6-20(13-18)25(19)14-21-7-4-8-27-21/h4,7-11,18-20H,3,5-6,12-14H2,1-2H3,(H2,23,24,26). The molecule has 144 valence electrons. The number of hydrogen-bond donors (Lipinski definition) is 2. The van der Waals surface area contributed by atoms with Crippen molar-refractivity contribution >= 4 is 23.1 Å². The first-order chi connectivity index (χ1) is 13.1. The van der Waals surface area contributed by atoms with E-state index in [1.807, 2.05) is 23.5 Å². The summed E-state index contributed by atoms with van der Waals surface area (Å²) in [6.45, 7) is 5.18. The second-order valence-electron chi connectivity index (χ2n) is 8.13. The highest BCUT2D eigenvalue weighted by molar-refractivity contribution is 7.09. The van der Waals surface area contributed by atoms with Gasteiger partial charge in [-0.1, -0.05) is 18.6 Å². The summed E-state index contributed by atoms with van der Waals surface area (Å²) in [4.78, 5) is 16.7. The highest BCUT2D eigenvalue weighted by Crippen LogP contribution is 2.35. The van der Waals surface area contributed by atoms with Crippen molar-refractivity contribution in [1.82, 2.24) is 10.2 Å². The first kappa shape index (κ1) is 18.5. The molecular weight excluding hydrogens is 354 g/mol. The molecule has 2 fully saturated rings. The quantitative estimate of drug-likeness (QED) is 0.774. The summed E-state index contributed by atoms with van der Waals surface area (Å²) >= 11 is 1.85. The van der Waals surface area contributed by atoms with Crippen LogP contribution in [0.4, 0.5) is 10.5 Å². The lowest BCUT2D eigenvalue weighted by Gasteiger charge is -2.48. The summed E-state index contributed by atoms with van der Waals surface area (Å²) in [5.74, 6) is 0. The Kier molecular flexibility index (Phi) is 5.50. The van der Waals surface area contributed by atoms with Crippen LogP contribution in [0.2, 0.25) is 0 Å². The van der Waals surface area contributed by atoms with Gasteiger partial charge in [-0.3, -0.25) is 4.90 Å². The van der Waals surface area contributed by atoms with Gasteiger partial charge in [-0.05, 0) is 74.2 Å². The number of rotatable bonds is 4. The molecule has 0 aliphatic carbocycles. The molecule has 0 saturated carbocycles. The maximum atomic E-state index is 12.5. The Morgan fingerprint density at radius 2 is 1.85 bits per heavy atom. The summed E-state index contributed by atoms with van der Waals surface area (Å²) in [5.41, 5.74) is 3.21. The minimum atomic E-state index is -0.0743.